The molecule has 1 N–H and O–H groups in total. The number of benzene rings is 1. The van der Waals surface area contributed by atoms with Gasteiger partial charge in [-0.05, 0) is 55.7 Å². The van der Waals surface area contributed by atoms with Crippen molar-refractivity contribution in [2.45, 2.75) is 39.2 Å². The molecule has 1 aromatic rings. The molecule has 1 fully saturated rings. The van der Waals surface area contributed by atoms with Gasteiger partial charge in [-0.2, -0.15) is 0 Å². The third kappa shape index (κ3) is 4.42. The fourth-order valence-corrected chi connectivity index (χ4v) is 4.70. The first-order valence-corrected chi connectivity index (χ1v) is 11.4. The van der Waals surface area contributed by atoms with Crippen LogP contribution < -0.4 is 5.32 Å². The van der Waals surface area contributed by atoms with Crippen molar-refractivity contribution < 1.29 is 14.3 Å². The van der Waals surface area contributed by atoms with Crippen LogP contribution in [0.4, 0.5) is 0 Å². The average molecular weight is 446 g/mol. The maximum atomic E-state index is 12.9. The highest BCUT2D eigenvalue weighted by molar-refractivity contribution is 8.16. The Balaban J connectivity index is 1.65. The summed E-state index contributed by atoms with van der Waals surface area (Å²) in [6.07, 6.45) is 2.61. The number of ether oxygens (including phenoxy) is 1. The number of amides is 1. The Morgan fingerprint density at radius 3 is 2.70 bits per heavy atom. The number of fused-ring (bicyclic) bond motifs is 1. The minimum absolute atomic E-state index is 0.0196. The van der Waals surface area contributed by atoms with Crippen molar-refractivity contribution in [3.05, 3.63) is 57.2 Å². The van der Waals surface area contributed by atoms with Crippen molar-refractivity contribution in [2.75, 3.05) is 13.2 Å². The van der Waals surface area contributed by atoms with Crippen molar-refractivity contribution in [2.24, 2.45) is 10.9 Å². The Labute approximate surface area is 185 Å². The molecule has 0 aromatic heterocycles. The van der Waals surface area contributed by atoms with Crippen LogP contribution in [0.5, 0.6) is 0 Å². The van der Waals surface area contributed by atoms with Gasteiger partial charge in [0.05, 0.1) is 30.3 Å². The number of thioether (sulfide) groups is 1. The van der Waals surface area contributed by atoms with Gasteiger partial charge in [0.15, 0.2) is 5.17 Å². The molecule has 0 saturated heterocycles. The van der Waals surface area contributed by atoms with Crippen molar-refractivity contribution in [1.82, 2.24) is 10.2 Å². The number of amidine groups is 1. The number of nitrogens with zero attached hydrogens (tertiary/aromatic N) is 2. The van der Waals surface area contributed by atoms with E-state index in [1.54, 1.807) is 19.1 Å². The van der Waals surface area contributed by atoms with Crippen LogP contribution in [0.2, 0.25) is 5.02 Å². The van der Waals surface area contributed by atoms with E-state index in [1.807, 2.05) is 29.4 Å². The Morgan fingerprint density at radius 2 is 2.03 bits per heavy atom. The smallest absolute Gasteiger partial charge is 0.338 e. The Kier molecular flexibility index (Phi) is 6.20. The molecule has 1 atom stereocenters. The number of hydrogen-bond acceptors (Lipinski definition) is 6. The molecule has 0 bridgehead atoms. The fourth-order valence-electron chi connectivity index (χ4n) is 3.61. The van der Waals surface area contributed by atoms with Gasteiger partial charge in [0.2, 0.25) is 5.91 Å². The van der Waals surface area contributed by atoms with Gasteiger partial charge in [0.1, 0.15) is 0 Å². The maximum absolute atomic E-state index is 12.9. The number of rotatable bonds is 7. The highest BCUT2D eigenvalue weighted by atomic mass is 35.5. The molecule has 0 unspecified atom stereocenters. The Hall–Kier alpha value is -2.25. The van der Waals surface area contributed by atoms with Gasteiger partial charge in [-0.15, -0.1) is 0 Å². The zero-order valence-electron chi connectivity index (χ0n) is 17.0. The lowest BCUT2D eigenvalue weighted by Crippen LogP contribution is -2.38. The lowest BCUT2D eigenvalue weighted by Gasteiger charge is -2.36. The van der Waals surface area contributed by atoms with Crippen LogP contribution >= 0.6 is 23.4 Å². The third-order valence-corrected chi connectivity index (χ3v) is 6.45. The molecule has 0 radical (unpaired) electrons. The lowest BCUT2D eigenvalue weighted by atomic mass is 9.94. The Bertz CT molecular complexity index is 951. The topological polar surface area (TPSA) is 71.0 Å². The molecule has 2 aliphatic heterocycles. The minimum Gasteiger partial charge on any atom is -0.463 e. The van der Waals surface area contributed by atoms with Crippen LogP contribution in [-0.4, -0.2) is 35.1 Å². The van der Waals surface area contributed by atoms with Crippen LogP contribution in [0.15, 0.2) is 51.6 Å². The van der Waals surface area contributed by atoms with E-state index in [0.717, 1.165) is 23.0 Å². The first-order chi connectivity index (χ1) is 14.5. The number of esters is 1. The highest BCUT2D eigenvalue weighted by Gasteiger charge is 2.41. The van der Waals surface area contributed by atoms with E-state index in [1.165, 1.54) is 24.6 Å². The summed E-state index contributed by atoms with van der Waals surface area (Å²) in [6.45, 7) is 4.61. The van der Waals surface area contributed by atoms with Crippen LogP contribution in [0.25, 0.3) is 0 Å². The molecular formula is C22H24ClN3O3S. The molecule has 6 nitrogen and oxygen atoms in total. The van der Waals surface area contributed by atoms with Gasteiger partial charge in [-0.25, -0.2) is 9.79 Å². The summed E-state index contributed by atoms with van der Waals surface area (Å²) in [5, 5.41) is 6.33. The number of carbonyl (C=O) groups excluding carboxylic acids is 2. The minimum atomic E-state index is -0.425. The largest absolute Gasteiger partial charge is 0.463 e. The summed E-state index contributed by atoms with van der Waals surface area (Å²) in [5.41, 5.74) is 2.82. The summed E-state index contributed by atoms with van der Waals surface area (Å²) in [4.78, 5) is 32.0. The molecule has 30 heavy (non-hydrogen) atoms. The van der Waals surface area contributed by atoms with E-state index >= 15 is 0 Å². The molecule has 0 spiro atoms. The summed E-state index contributed by atoms with van der Waals surface area (Å²) < 4.78 is 5.34. The highest BCUT2D eigenvalue weighted by Crippen LogP contribution is 2.45. The van der Waals surface area contributed by atoms with E-state index < -0.39 is 12.0 Å². The molecule has 1 aliphatic carbocycles. The standard InChI is InChI=1S/C22H24ClN3O3S/c1-3-29-21(28)19-13(2)25-22-26(20(19)15-6-8-16(23)9-7-15)17(12-30-22)10-18(27)24-11-14-4-5-14/h6-9,12,14,20H,3-5,10-11H2,1-2H3,(H,24,27)/t20-/m0/s1. The molecule has 2 heterocycles. The molecule has 1 aromatic carbocycles. The SMILES string of the molecule is CCOC(=O)C1=C(C)N=C2SC=C(CC(=O)NCC3CC3)N2[C@H]1c1ccc(Cl)cc1. The summed E-state index contributed by atoms with van der Waals surface area (Å²) in [6, 6.07) is 6.98. The molecule has 1 amide bonds. The second-order valence-electron chi connectivity index (χ2n) is 7.59. The predicted octanol–water partition coefficient (Wildman–Crippen LogP) is 4.39. The van der Waals surface area contributed by atoms with Gasteiger partial charge >= 0.3 is 5.97 Å². The molecule has 4 rings (SSSR count). The monoisotopic (exact) mass is 445 g/mol. The quantitative estimate of drug-likeness (QED) is 0.630. The zero-order valence-corrected chi connectivity index (χ0v) is 18.6. The first kappa shape index (κ1) is 21.0. The van der Waals surface area contributed by atoms with Crippen LogP contribution in [0.1, 0.15) is 44.7 Å². The second-order valence-corrected chi connectivity index (χ2v) is 8.86. The van der Waals surface area contributed by atoms with Crippen LogP contribution in [0, 0.1) is 5.92 Å². The summed E-state index contributed by atoms with van der Waals surface area (Å²) in [7, 11) is 0. The Morgan fingerprint density at radius 1 is 1.30 bits per heavy atom. The van der Waals surface area contributed by atoms with E-state index in [-0.39, 0.29) is 18.9 Å². The predicted molar refractivity (Wildman–Crippen MR) is 119 cm³/mol. The number of aliphatic imine (C=N–C) groups is 1. The van der Waals surface area contributed by atoms with Crippen LogP contribution in [0.3, 0.4) is 0 Å². The van der Waals surface area contributed by atoms with E-state index in [9.17, 15) is 9.59 Å². The van der Waals surface area contributed by atoms with Crippen molar-refractivity contribution in [1.29, 1.82) is 0 Å². The zero-order chi connectivity index (χ0) is 21.3. The van der Waals surface area contributed by atoms with Crippen molar-refractivity contribution in [3.8, 4) is 0 Å². The van der Waals surface area contributed by atoms with E-state index in [0.29, 0.717) is 22.2 Å². The summed E-state index contributed by atoms with van der Waals surface area (Å²) in [5.74, 6) is 0.205. The van der Waals surface area contributed by atoms with Gasteiger partial charge in [0, 0.05) is 17.3 Å². The lowest BCUT2D eigenvalue weighted by molar-refractivity contribution is -0.139. The van der Waals surface area contributed by atoms with Crippen molar-refractivity contribution in [3.63, 3.8) is 0 Å². The molecule has 1 saturated carbocycles. The molecule has 158 valence electrons. The number of halogens is 1. The van der Waals surface area contributed by atoms with Gasteiger partial charge in [-0.3, -0.25) is 4.79 Å². The fraction of sp³-hybridized carbons (Fsp3) is 0.409. The second kappa shape index (κ2) is 8.86. The number of hydrogen-bond donors (Lipinski definition) is 1. The van der Waals surface area contributed by atoms with E-state index in [4.69, 9.17) is 16.3 Å². The van der Waals surface area contributed by atoms with E-state index in [2.05, 4.69) is 10.3 Å². The summed E-state index contributed by atoms with van der Waals surface area (Å²) >= 11 is 7.56. The van der Waals surface area contributed by atoms with Crippen molar-refractivity contribution >= 4 is 40.4 Å². The van der Waals surface area contributed by atoms with Gasteiger partial charge in [-0.1, -0.05) is 35.5 Å². The van der Waals surface area contributed by atoms with Gasteiger partial charge < -0.3 is 15.0 Å². The third-order valence-electron chi connectivity index (χ3n) is 5.31. The maximum Gasteiger partial charge on any atom is 0.338 e. The van der Waals surface area contributed by atoms with Gasteiger partial charge in [0.25, 0.3) is 0 Å². The first-order valence-electron chi connectivity index (χ1n) is 10.1. The number of carbonyl (C=O) groups is 2. The van der Waals surface area contributed by atoms with Crippen LogP contribution in [-0.2, 0) is 14.3 Å². The average Bonchev–Trinajstić information content (AvgIpc) is 3.47. The molecule has 8 heteroatoms. The molecular weight excluding hydrogens is 422 g/mol. The number of allylic oxidation sites excluding steroid dienone is 1. The number of nitrogens with one attached hydrogen (secondary N) is 1. The normalized spacial score (nSPS) is 20.5. The molecule has 3 aliphatic rings.